The minimum Gasteiger partial charge on any atom is -0.497 e. The van der Waals surface area contributed by atoms with Crippen LogP contribution in [-0.4, -0.2) is 36.3 Å². The number of hydrazone groups is 1. The Bertz CT molecular complexity index is 1150. The van der Waals surface area contributed by atoms with E-state index < -0.39 is 24.3 Å². The number of halogens is 1. The lowest BCUT2D eigenvalue weighted by molar-refractivity contribution is -0.136. The summed E-state index contributed by atoms with van der Waals surface area (Å²) in [6.07, 6.45) is 0.503. The molecule has 0 radical (unpaired) electrons. The van der Waals surface area contributed by atoms with E-state index in [1.165, 1.54) is 23.2 Å². The van der Waals surface area contributed by atoms with Gasteiger partial charge in [-0.25, -0.2) is 14.2 Å². The van der Waals surface area contributed by atoms with Gasteiger partial charge in [-0.15, -0.1) is 0 Å². The highest BCUT2D eigenvalue weighted by Gasteiger charge is 2.33. The zero-order valence-electron chi connectivity index (χ0n) is 17.4. The monoisotopic (exact) mass is 432 g/mol. The fourth-order valence-corrected chi connectivity index (χ4v) is 3.53. The number of nitrogens with zero attached hydrogens (tertiary/aromatic N) is 2. The van der Waals surface area contributed by atoms with E-state index >= 15 is 0 Å². The van der Waals surface area contributed by atoms with Gasteiger partial charge >= 0.3 is 5.97 Å². The molecule has 0 saturated heterocycles. The molecule has 0 bridgehead atoms. The molecule has 4 rings (SSSR count). The SMILES string of the molecule is COc1ccc(C2CC(c3ccccc3)=NN2C(=O)COC(=O)c2ccccc2F)cc1. The molecule has 0 spiro atoms. The fraction of sp³-hybridized carbons (Fsp3) is 0.160. The zero-order chi connectivity index (χ0) is 22.5. The normalized spacial score (nSPS) is 15.2. The van der Waals surface area contributed by atoms with E-state index in [0.29, 0.717) is 12.2 Å². The second-order valence-corrected chi connectivity index (χ2v) is 7.20. The van der Waals surface area contributed by atoms with E-state index in [2.05, 4.69) is 5.10 Å². The molecule has 0 saturated carbocycles. The Morgan fingerprint density at radius 1 is 1.00 bits per heavy atom. The smallest absolute Gasteiger partial charge is 0.341 e. The van der Waals surface area contributed by atoms with Crippen LogP contribution in [0.4, 0.5) is 4.39 Å². The minimum absolute atomic E-state index is 0.220. The van der Waals surface area contributed by atoms with Gasteiger partial charge in [0.25, 0.3) is 5.91 Å². The largest absolute Gasteiger partial charge is 0.497 e. The van der Waals surface area contributed by atoms with E-state index in [1.54, 1.807) is 7.11 Å². The van der Waals surface area contributed by atoms with Gasteiger partial charge in [0, 0.05) is 6.42 Å². The predicted octanol–water partition coefficient (Wildman–Crippen LogP) is 4.37. The van der Waals surface area contributed by atoms with Gasteiger partial charge in [-0.2, -0.15) is 5.10 Å². The summed E-state index contributed by atoms with van der Waals surface area (Å²) in [6, 6.07) is 22.1. The van der Waals surface area contributed by atoms with Crippen LogP contribution in [-0.2, 0) is 9.53 Å². The molecule has 1 aliphatic rings. The van der Waals surface area contributed by atoms with Gasteiger partial charge in [-0.05, 0) is 35.4 Å². The van der Waals surface area contributed by atoms with Crippen molar-refractivity contribution < 1.29 is 23.5 Å². The highest BCUT2D eigenvalue weighted by atomic mass is 19.1. The first kappa shape index (κ1) is 21.2. The molecule has 1 aliphatic heterocycles. The number of hydrogen-bond donors (Lipinski definition) is 0. The summed E-state index contributed by atoms with van der Waals surface area (Å²) < 4.78 is 24.1. The van der Waals surface area contributed by atoms with Crippen molar-refractivity contribution in [3.8, 4) is 5.75 Å². The van der Waals surface area contributed by atoms with Gasteiger partial charge in [-0.1, -0.05) is 54.6 Å². The maximum atomic E-state index is 13.8. The molecule has 1 unspecified atom stereocenters. The van der Waals surface area contributed by atoms with Gasteiger partial charge in [0.15, 0.2) is 6.61 Å². The van der Waals surface area contributed by atoms with Crippen LogP contribution in [0.15, 0.2) is 84.0 Å². The van der Waals surface area contributed by atoms with Crippen molar-refractivity contribution in [2.45, 2.75) is 12.5 Å². The average molecular weight is 432 g/mol. The molecule has 32 heavy (non-hydrogen) atoms. The van der Waals surface area contributed by atoms with E-state index in [0.717, 1.165) is 22.9 Å². The van der Waals surface area contributed by atoms with Crippen molar-refractivity contribution >= 4 is 17.6 Å². The van der Waals surface area contributed by atoms with Crippen LogP contribution in [0.1, 0.15) is 33.9 Å². The van der Waals surface area contributed by atoms with E-state index in [-0.39, 0.29) is 11.6 Å². The summed E-state index contributed by atoms with van der Waals surface area (Å²) in [7, 11) is 1.58. The van der Waals surface area contributed by atoms with Crippen LogP contribution in [0.2, 0.25) is 0 Å². The molecule has 3 aromatic rings. The van der Waals surface area contributed by atoms with E-state index in [1.807, 2.05) is 54.6 Å². The number of carbonyl (C=O) groups excluding carboxylic acids is 2. The third kappa shape index (κ3) is 4.51. The molecule has 1 atom stereocenters. The highest BCUT2D eigenvalue weighted by molar-refractivity contribution is 6.03. The topological polar surface area (TPSA) is 68.2 Å². The Labute approximate surface area is 184 Å². The number of methoxy groups -OCH3 is 1. The standard InChI is InChI=1S/C25H21FN2O4/c1-31-19-13-11-18(12-14-19)23-15-22(17-7-3-2-4-8-17)27-28(23)24(29)16-32-25(30)20-9-5-6-10-21(20)26/h2-14,23H,15-16H2,1H3. The van der Waals surface area contributed by atoms with Crippen LogP contribution in [0.25, 0.3) is 0 Å². The Morgan fingerprint density at radius 3 is 2.38 bits per heavy atom. The summed E-state index contributed by atoms with van der Waals surface area (Å²) in [4.78, 5) is 25.2. The predicted molar refractivity (Wildman–Crippen MR) is 117 cm³/mol. The first-order chi connectivity index (χ1) is 15.6. The molecule has 1 amide bonds. The maximum Gasteiger partial charge on any atom is 0.341 e. The quantitative estimate of drug-likeness (QED) is 0.543. The third-order valence-electron chi connectivity index (χ3n) is 5.19. The Balaban J connectivity index is 1.55. The van der Waals surface area contributed by atoms with Crippen molar-refractivity contribution in [1.82, 2.24) is 5.01 Å². The van der Waals surface area contributed by atoms with Crippen LogP contribution >= 0.6 is 0 Å². The number of carbonyl (C=O) groups is 2. The molecule has 3 aromatic carbocycles. The number of rotatable bonds is 6. The van der Waals surface area contributed by atoms with E-state index in [9.17, 15) is 14.0 Å². The Morgan fingerprint density at radius 2 is 1.69 bits per heavy atom. The molecule has 7 heteroatoms. The summed E-state index contributed by atoms with van der Waals surface area (Å²) in [5.74, 6) is -1.40. The Kier molecular flexibility index (Phi) is 6.26. The number of ether oxygens (including phenoxy) is 2. The van der Waals surface area contributed by atoms with Crippen molar-refractivity contribution in [1.29, 1.82) is 0 Å². The summed E-state index contributed by atoms with van der Waals surface area (Å²) in [6.45, 7) is -0.550. The molecular formula is C25H21FN2O4. The minimum atomic E-state index is -0.899. The number of benzene rings is 3. The molecule has 1 heterocycles. The van der Waals surface area contributed by atoms with Gasteiger partial charge in [-0.3, -0.25) is 4.79 Å². The maximum absolute atomic E-state index is 13.8. The van der Waals surface area contributed by atoms with Gasteiger partial charge < -0.3 is 9.47 Å². The molecule has 6 nitrogen and oxygen atoms in total. The lowest BCUT2D eigenvalue weighted by Gasteiger charge is -2.22. The Hall–Kier alpha value is -4.00. The van der Waals surface area contributed by atoms with Crippen molar-refractivity contribution in [3.63, 3.8) is 0 Å². The van der Waals surface area contributed by atoms with E-state index in [4.69, 9.17) is 9.47 Å². The lowest BCUT2D eigenvalue weighted by atomic mass is 9.98. The van der Waals surface area contributed by atoms with Crippen LogP contribution in [0.5, 0.6) is 5.75 Å². The summed E-state index contributed by atoms with van der Waals surface area (Å²) >= 11 is 0. The van der Waals surface area contributed by atoms with Crippen LogP contribution in [0, 0.1) is 5.82 Å². The summed E-state index contributed by atoms with van der Waals surface area (Å²) in [5.41, 5.74) is 2.31. The van der Waals surface area contributed by atoms with Gasteiger partial charge in [0.05, 0.1) is 24.4 Å². The van der Waals surface area contributed by atoms with Crippen molar-refractivity contribution in [3.05, 3.63) is 101 Å². The fourth-order valence-electron chi connectivity index (χ4n) is 3.53. The van der Waals surface area contributed by atoms with Crippen LogP contribution < -0.4 is 4.74 Å². The first-order valence-electron chi connectivity index (χ1n) is 10.1. The first-order valence-corrected chi connectivity index (χ1v) is 10.1. The second kappa shape index (κ2) is 9.43. The van der Waals surface area contributed by atoms with Crippen LogP contribution in [0.3, 0.4) is 0 Å². The lowest BCUT2D eigenvalue weighted by Crippen LogP contribution is -2.31. The summed E-state index contributed by atoms with van der Waals surface area (Å²) in [5, 5.41) is 5.86. The van der Waals surface area contributed by atoms with Crippen molar-refractivity contribution in [2.24, 2.45) is 5.10 Å². The number of esters is 1. The molecular weight excluding hydrogens is 411 g/mol. The molecule has 162 valence electrons. The van der Waals surface area contributed by atoms with Gasteiger partial charge in [0.1, 0.15) is 11.6 Å². The molecule has 0 aromatic heterocycles. The second-order valence-electron chi connectivity index (χ2n) is 7.20. The number of hydrogen-bond acceptors (Lipinski definition) is 5. The molecule has 0 fully saturated rings. The third-order valence-corrected chi connectivity index (χ3v) is 5.19. The highest BCUT2D eigenvalue weighted by Crippen LogP contribution is 2.33. The number of amides is 1. The average Bonchev–Trinajstić information content (AvgIpc) is 3.29. The van der Waals surface area contributed by atoms with Gasteiger partial charge in [0.2, 0.25) is 0 Å². The molecule has 0 N–H and O–H groups in total. The van der Waals surface area contributed by atoms with Crippen molar-refractivity contribution in [2.75, 3.05) is 13.7 Å². The molecule has 0 aliphatic carbocycles. The zero-order valence-corrected chi connectivity index (χ0v) is 17.4.